The molecule has 5 rings (SSSR count). The molecular weight excluding hydrogens is 418 g/mol. The van der Waals surface area contributed by atoms with E-state index in [4.69, 9.17) is 14.5 Å². The maximum Gasteiger partial charge on any atom is 0.263 e. The highest BCUT2D eigenvalue weighted by atomic mass is 32.2. The first-order chi connectivity index (χ1) is 14.7. The van der Waals surface area contributed by atoms with Gasteiger partial charge in [-0.15, -0.1) is 11.3 Å². The summed E-state index contributed by atoms with van der Waals surface area (Å²) >= 11 is 3.47. The highest BCUT2D eigenvalue weighted by molar-refractivity contribution is 7.99. The van der Waals surface area contributed by atoms with Crippen LogP contribution in [0.1, 0.15) is 36.6 Å². The second kappa shape index (κ2) is 9.28. The molecule has 0 saturated carbocycles. The molecule has 0 N–H and O–H groups in total. The SMILES string of the molecule is CC1CCc2c(sc3nc(SCCN4CCOCC4)n(CC4CCCO4)c(=O)c23)C1. The number of aryl methyl sites for hydroxylation is 1. The molecule has 2 unspecified atom stereocenters. The summed E-state index contributed by atoms with van der Waals surface area (Å²) in [6.07, 6.45) is 5.51. The molecular formula is C22H31N3O3S2. The van der Waals surface area contributed by atoms with Gasteiger partial charge in [-0.25, -0.2) is 4.98 Å². The van der Waals surface area contributed by atoms with Gasteiger partial charge in [-0.3, -0.25) is 14.3 Å². The predicted molar refractivity (Wildman–Crippen MR) is 122 cm³/mol. The molecule has 2 fully saturated rings. The molecule has 2 aromatic rings. The van der Waals surface area contributed by atoms with E-state index >= 15 is 0 Å². The van der Waals surface area contributed by atoms with E-state index in [2.05, 4.69) is 11.8 Å². The molecule has 0 aromatic carbocycles. The van der Waals surface area contributed by atoms with Crippen LogP contribution in [0.2, 0.25) is 0 Å². The van der Waals surface area contributed by atoms with Crippen LogP contribution in [0.5, 0.6) is 0 Å². The van der Waals surface area contributed by atoms with Crippen LogP contribution < -0.4 is 5.56 Å². The van der Waals surface area contributed by atoms with Crippen LogP contribution in [0.25, 0.3) is 10.2 Å². The minimum absolute atomic E-state index is 0.134. The van der Waals surface area contributed by atoms with Crippen LogP contribution in [0.4, 0.5) is 0 Å². The van der Waals surface area contributed by atoms with Gasteiger partial charge < -0.3 is 9.47 Å². The van der Waals surface area contributed by atoms with Gasteiger partial charge in [0.05, 0.1) is 31.2 Å². The summed E-state index contributed by atoms with van der Waals surface area (Å²) in [7, 11) is 0. The quantitative estimate of drug-likeness (QED) is 0.499. The molecule has 0 amide bonds. The van der Waals surface area contributed by atoms with Gasteiger partial charge in [0.2, 0.25) is 0 Å². The first-order valence-electron chi connectivity index (χ1n) is 11.3. The van der Waals surface area contributed by atoms with Crippen molar-refractivity contribution < 1.29 is 9.47 Å². The van der Waals surface area contributed by atoms with Crippen molar-refractivity contribution in [3.63, 3.8) is 0 Å². The summed E-state index contributed by atoms with van der Waals surface area (Å²) in [6, 6.07) is 0. The number of ether oxygens (including phenoxy) is 2. The van der Waals surface area contributed by atoms with Gasteiger partial charge in [-0.1, -0.05) is 18.7 Å². The lowest BCUT2D eigenvalue weighted by Gasteiger charge is -2.26. The lowest BCUT2D eigenvalue weighted by Crippen LogP contribution is -2.37. The Bertz CT molecular complexity index is 945. The van der Waals surface area contributed by atoms with E-state index < -0.39 is 0 Å². The molecule has 2 aliphatic heterocycles. The van der Waals surface area contributed by atoms with E-state index in [0.29, 0.717) is 12.5 Å². The largest absolute Gasteiger partial charge is 0.379 e. The average molecular weight is 450 g/mol. The number of morpholine rings is 1. The Balaban J connectivity index is 1.44. The van der Waals surface area contributed by atoms with Gasteiger partial charge in [-0.05, 0) is 43.6 Å². The van der Waals surface area contributed by atoms with Crippen molar-refractivity contribution in [3.05, 3.63) is 20.8 Å². The highest BCUT2D eigenvalue weighted by Crippen LogP contribution is 2.36. The van der Waals surface area contributed by atoms with Crippen molar-refractivity contribution in [2.45, 2.75) is 56.8 Å². The minimum Gasteiger partial charge on any atom is -0.379 e. The third-order valence-corrected chi connectivity index (χ3v) is 8.64. The van der Waals surface area contributed by atoms with Gasteiger partial charge in [-0.2, -0.15) is 0 Å². The topological polar surface area (TPSA) is 56.6 Å². The fourth-order valence-electron chi connectivity index (χ4n) is 4.76. The lowest BCUT2D eigenvalue weighted by atomic mass is 9.89. The standard InChI is InChI=1S/C22H31N3O3S2/c1-15-4-5-17-18(13-15)30-20-19(17)21(26)25(14-16-3-2-9-28-16)22(23-20)29-12-8-24-6-10-27-11-7-24/h15-16H,2-14H2,1H3. The van der Waals surface area contributed by atoms with E-state index in [1.165, 1.54) is 16.9 Å². The summed E-state index contributed by atoms with van der Waals surface area (Å²) < 4.78 is 13.2. The third-order valence-electron chi connectivity index (χ3n) is 6.53. The summed E-state index contributed by atoms with van der Waals surface area (Å²) in [5, 5.41) is 1.75. The monoisotopic (exact) mass is 449 g/mol. The Morgan fingerprint density at radius 2 is 2.10 bits per heavy atom. The maximum absolute atomic E-state index is 13.7. The Labute approximate surface area is 185 Å². The zero-order valence-electron chi connectivity index (χ0n) is 17.7. The molecule has 2 saturated heterocycles. The molecule has 3 aliphatic rings. The molecule has 0 radical (unpaired) electrons. The summed E-state index contributed by atoms with van der Waals surface area (Å²) in [5.74, 6) is 1.63. The van der Waals surface area contributed by atoms with E-state index in [1.54, 1.807) is 23.1 Å². The number of hydrogen-bond acceptors (Lipinski definition) is 7. The smallest absolute Gasteiger partial charge is 0.263 e. The third kappa shape index (κ3) is 4.35. The Kier molecular flexibility index (Phi) is 6.48. The highest BCUT2D eigenvalue weighted by Gasteiger charge is 2.26. The van der Waals surface area contributed by atoms with Gasteiger partial charge in [0.1, 0.15) is 4.83 Å². The van der Waals surface area contributed by atoms with Gasteiger partial charge in [0.15, 0.2) is 5.16 Å². The lowest BCUT2D eigenvalue weighted by molar-refractivity contribution is 0.0410. The molecule has 8 heteroatoms. The molecule has 4 heterocycles. The summed E-state index contributed by atoms with van der Waals surface area (Å²) in [4.78, 5) is 23.4. The molecule has 30 heavy (non-hydrogen) atoms. The number of aromatic nitrogens is 2. The van der Waals surface area contributed by atoms with Crippen molar-refractivity contribution in [2.24, 2.45) is 5.92 Å². The number of thiophene rings is 1. The van der Waals surface area contributed by atoms with Crippen molar-refractivity contribution in [1.29, 1.82) is 0 Å². The number of thioether (sulfide) groups is 1. The molecule has 0 spiro atoms. The van der Waals surface area contributed by atoms with Gasteiger partial charge >= 0.3 is 0 Å². The fraction of sp³-hybridized carbons (Fsp3) is 0.727. The molecule has 1 aliphatic carbocycles. The molecule has 164 valence electrons. The zero-order chi connectivity index (χ0) is 20.5. The second-order valence-electron chi connectivity index (χ2n) is 8.78. The molecule has 6 nitrogen and oxygen atoms in total. The van der Waals surface area contributed by atoms with Gasteiger partial charge in [0, 0.05) is 36.9 Å². The number of rotatable bonds is 6. The first kappa shape index (κ1) is 20.9. The van der Waals surface area contributed by atoms with Crippen LogP contribution in [-0.4, -0.2) is 65.8 Å². The number of fused-ring (bicyclic) bond motifs is 3. The Morgan fingerprint density at radius 3 is 2.90 bits per heavy atom. The maximum atomic E-state index is 13.7. The van der Waals surface area contributed by atoms with E-state index in [-0.39, 0.29) is 11.7 Å². The van der Waals surface area contributed by atoms with Gasteiger partial charge in [0.25, 0.3) is 5.56 Å². The van der Waals surface area contributed by atoms with Crippen molar-refractivity contribution in [2.75, 3.05) is 45.2 Å². The van der Waals surface area contributed by atoms with E-state index in [0.717, 1.165) is 86.3 Å². The fourth-order valence-corrected chi connectivity index (χ4v) is 7.19. The van der Waals surface area contributed by atoms with Crippen molar-refractivity contribution in [3.8, 4) is 0 Å². The van der Waals surface area contributed by atoms with Crippen LogP contribution in [0.15, 0.2) is 9.95 Å². The van der Waals surface area contributed by atoms with Crippen molar-refractivity contribution >= 4 is 33.3 Å². The van der Waals surface area contributed by atoms with E-state index in [9.17, 15) is 4.79 Å². The predicted octanol–water partition coefficient (Wildman–Crippen LogP) is 3.19. The molecule has 2 atom stereocenters. The van der Waals surface area contributed by atoms with Crippen molar-refractivity contribution in [1.82, 2.24) is 14.5 Å². The number of hydrogen-bond donors (Lipinski definition) is 0. The average Bonchev–Trinajstić information content (AvgIpc) is 3.38. The van der Waals surface area contributed by atoms with Crippen LogP contribution >= 0.6 is 23.1 Å². The first-order valence-corrected chi connectivity index (χ1v) is 13.1. The minimum atomic E-state index is 0.134. The Hall–Kier alpha value is -0.930. The van der Waals surface area contributed by atoms with E-state index in [1.807, 2.05) is 4.57 Å². The summed E-state index contributed by atoms with van der Waals surface area (Å²) in [6.45, 7) is 8.36. The van der Waals surface area contributed by atoms with Crippen LogP contribution in [-0.2, 0) is 28.9 Å². The van der Waals surface area contributed by atoms with Crippen LogP contribution in [0.3, 0.4) is 0 Å². The molecule has 0 bridgehead atoms. The second-order valence-corrected chi connectivity index (χ2v) is 10.9. The normalized spacial score (nSPS) is 25.1. The van der Waals surface area contributed by atoms with Crippen LogP contribution in [0, 0.1) is 5.92 Å². The molecule has 2 aromatic heterocycles. The number of nitrogens with zero attached hydrogens (tertiary/aromatic N) is 3. The zero-order valence-corrected chi connectivity index (χ0v) is 19.4. The summed E-state index contributed by atoms with van der Waals surface area (Å²) in [5.41, 5.74) is 1.42. The Morgan fingerprint density at radius 1 is 1.23 bits per heavy atom.